The molecule has 1 aliphatic rings. The molecule has 0 bridgehead atoms. The molecule has 138 valence electrons. The van der Waals surface area contributed by atoms with E-state index in [-0.39, 0.29) is 36.8 Å². The predicted octanol–water partition coefficient (Wildman–Crippen LogP) is 2.97. The standard InChI is InChI=1S/C17H28N4O.2ClH/c1-4-8-20(5-2)16-7-6-15(11-19-16)17(22)21-12-14(10-18)9-13(21)3;;/h6-7,11,13-14H,4-5,8-10,12,18H2,1-3H3;2*1H. The maximum Gasteiger partial charge on any atom is 0.255 e. The summed E-state index contributed by atoms with van der Waals surface area (Å²) in [6.45, 7) is 9.68. The summed E-state index contributed by atoms with van der Waals surface area (Å²) in [6.07, 6.45) is 3.79. The van der Waals surface area contributed by atoms with E-state index >= 15 is 0 Å². The Labute approximate surface area is 157 Å². The number of halogens is 2. The largest absolute Gasteiger partial charge is 0.357 e. The van der Waals surface area contributed by atoms with Gasteiger partial charge in [-0.05, 0) is 51.3 Å². The Balaban J connectivity index is 0.00000264. The van der Waals surface area contributed by atoms with Gasteiger partial charge in [0.05, 0.1) is 5.56 Å². The molecule has 0 aliphatic carbocycles. The van der Waals surface area contributed by atoms with E-state index < -0.39 is 0 Å². The molecule has 0 spiro atoms. The Hall–Kier alpha value is -1.04. The van der Waals surface area contributed by atoms with E-state index in [0.717, 1.165) is 38.3 Å². The van der Waals surface area contributed by atoms with Crippen molar-refractivity contribution in [2.45, 2.75) is 39.7 Å². The summed E-state index contributed by atoms with van der Waals surface area (Å²) in [4.78, 5) is 21.3. The lowest BCUT2D eigenvalue weighted by atomic mass is 10.1. The molecule has 2 heterocycles. The molecule has 1 amide bonds. The maximum atomic E-state index is 12.6. The first kappa shape index (κ1) is 23.0. The molecule has 7 heteroatoms. The van der Waals surface area contributed by atoms with Crippen molar-refractivity contribution in [1.29, 1.82) is 0 Å². The monoisotopic (exact) mass is 376 g/mol. The Bertz CT molecular complexity index is 498. The van der Waals surface area contributed by atoms with Gasteiger partial charge in [-0.25, -0.2) is 4.98 Å². The molecule has 2 N–H and O–H groups in total. The minimum absolute atomic E-state index is 0. The number of rotatable bonds is 6. The summed E-state index contributed by atoms with van der Waals surface area (Å²) in [7, 11) is 0. The molecule has 24 heavy (non-hydrogen) atoms. The first-order valence-corrected chi connectivity index (χ1v) is 8.32. The third kappa shape index (κ3) is 5.23. The zero-order valence-electron chi connectivity index (χ0n) is 14.8. The van der Waals surface area contributed by atoms with Crippen molar-refractivity contribution in [3.05, 3.63) is 23.9 Å². The average Bonchev–Trinajstić information content (AvgIpc) is 2.93. The van der Waals surface area contributed by atoms with Crippen LogP contribution in [-0.4, -0.2) is 48.0 Å². The number of nitrogens with two attached hydrogens (primary N) is 1. The second kappa shape index (κ2) is 10.7. The van der Waals surface area contributed by atoms with Crippen LogP contribution in [0.25, 0.3) is 0 Å². The number of carbonyl (C=O) groups is 1. The van der Waals surface area contributed by atoms with E-state index in [0.29, 0.717) is 18.0 Å². The van der Waals surface area contributed by atoms with Crippen molar-refractivity contribution in [2.75, 3.05) is 31.1 Å². The lowest BCUT2D eigenvalue weighted by molar-refractivity contribution is 0.0743. The third-order valence-corrected chi connectivity index (χ3v) is 4.45. The normalized spacial score (nSPS) is 19.4. The van der Waals surface area contributed by atoms with Gasteiger partial charge in [0.25, 0.3) is 5.91 Å². The quantitative estimate of drug-likeness (QED) is 0.828. The average molecular weight is 377 g/mol. The molecule has 2 atom stereocenters. The van der Waals surface area contributed by atoms with Gasteiger partial charge in [0.1, 0.15) is 5.82 Å². The van der Waals surface area contributed by atoms with Gasteiger partial charge >= 0.3 is 0 Å². The topological polar surface area (TPSA) is 62.5 Å². The van der Waals surface area contributed by atoms with Crippen molar-refractivity contribution >= 4 is 36.5 Å². The molecular formula is C17H30Cl2N4O. The Kier molecular flexibility index (Phi) is 10.3. The molecule has 5 nitrogen and oxygen atoms in total. The number of pyridine rings is 1. The summed E-state index contributed by atoms with van der Waals surface area (Å²) < 4.78 is 0. The molecule has 1 aromatic rings. The third-order valence-electron chi connectivity index (χ3n) is 4.45. The van der Waals surface area contributed by atoms with Crippen LogP contribution in [0.1, 0.15) is 44.0 Å². The van der Waals surface area contributed by atoms with Crippen LogP contribution in [0, 0.1) is 5.92 Å². The first-order chi connectivity index (χ1) is 10.6. The molecule has 1 aliphatic heterocycles. The summed E-state index contributed by atoms with van der Waals surface area (Å²) in [5.74, 6) is 1.43. The van der Waals surface area contributed by atoms with Crippen LogP contribution >= 0.6 is 24.8 Å². The molecule has 2 unspecified atom stereocenters. The van der Waals surface area contributed by atoms with E-state index in [1.807, 2.05) is 17.0 Å². The SMILES string of the molecule is CCCN(CC)c1ccc(C(=O)N2CC(CN)CC2C)cn1.Cl.Cl. The molecule has 0 saturated carbocycles. The lowest BCUT2D eigenvalue weighted by Gasteiger charge is -2.23. The fourth-order valence-corrected chi connectivity index (χ4v) is 3.17. The van der Waals surface area contributed by atoms with Gasteiger partial charge in [-0.3, -0.25) is 4.79 Å². The Morgan fingerprint density at radius 3 is 2.54 bits per heavy atom. The number of likely N-dealkylation sites (tertiary alicyclic amines) is 1. The van der Waals surface area contributed by atoms with Gasteiger partial charge in [-0.15, -0.1) is 24.8 Å². The van der Waals surface area contributed by atoms with Gasteiger partial charge in [-0.1, -0.05) is 6.92 Å². The number of amides is 1. The maximum absolute atomic E-state index is 12.6. The number of nitrogens with zero attached hydrogens (tertiary/aromatic N) is 3. The van der Waals surface area contributed by atoms with Crippen LogP contribution in [0.2, 0.25) is 0 Å². The Morgan fingerprint density at radius 2 is 2.08 bits per heavy atom. The molecule has 2 rings (SSSR count). The van der Waals surface area contributed by atoms with Crippen molar-refractivity contribution in [2.24, 2.45) is 11.7 Å². The number of hydrogen-bond donors (Lipinski definition) is 1. The highest BCUT2D eigenvalue weighted by Crippen LogP contribution is 2.24. The van der Waals surface area contributed by atoms with E-state index in [1.54, 1.807) is 6.20 Å². The number of carbonyl (C=O) groups excluding carboxylic acids is 1. The van der Waals surface area contributed by atoms with Crippen molar-refractivity contribution in [3.8, 4) is 0 Å². The van der Waals surface area contributed by atoms with E-state index in [4.69, 9.17) is 5.73 Å². The molecule has 1 fully saturated rings. The smallest absolute Gasteiger partial charge is 0.255 e. The van der Waals surface area contributed by atoms with Crippen LogP contribution in [0.3, 0.4) is 0 Å². The predicted molar refractivity (Wildman–Crippen MR) is 105 cm³/mol. The van der Waals surface area contributed by atoms with Gasteiger partial charge in [-0.2, -0.15) is 0 Å². The Morgan fingerprint density at radius 1 is 1.38 bits per heavy atom. The highest BCUT2D eigenvalue weighted by molar-refractivity contribution is 5.94. The van der Waals surface area contributed by atoms with E-state index in [1.165, 1.54) is 0 Å². The summed E-state index contributed by atoms with van der Waals surface area (Å²) in [6, 6.07) is 4.10. The van der Waals surface area contributed by atoms with Crippen molar-refractivity contribution < 1.29 is 4.79 Å². The van der Waals surface area contributed by atoms with Crippen LogP contribution in [0.5, 0.6) is 0 Å². The highest BCUT2D eigenvalue weighted by Gasteiger charge is 2.32. The fraction of sp³-hybridized carbons (Fsp3) is 0.647. The second-order valence-corrected chi connectivity index (χ2v) is 6.13. The lowest BCUT2D eigenvalue weighted by Crippen LogP contribution is -2.34. The van der Waals surface area contributed by atoms with E-state index in [2.05, 4.69) is 30.7 Å². The molecule has 1 saturated heterocycles. The zero-order chi connectivity index (χ0) is 16.1. The number of aromatic nitrogens is 1. The van der Waals surface area contributed by atoms with E-state index in [9.17, 15) is 4.79 Å². The second-order valence-electron chi connectivity index (χ2n) is 6.13. The van der Waals surface area contributed by atoms with Gasteiger partial charge in [0.15, 0.2) is 0 Å². The van der Waals surface area contributed by atoms with Crippen LogP contribution in [0.4, 0.5) is 5.82 Å². The molecular weight excluding hydrogens is 347 g/mol. The minimum Gasteiger partial charge on any atom is -0.357 e. The van der Waals surface area contributed by atoms with Crippen LogP contribution in [-0.2, 0) is 0 Å². The summed E-state index contributed by atoms with van der Waals surface area (Å²) >= 11 is 0. The van der Waals surface area contributed by atoms with Crippen molar-refractivity contribution in [1.82, 2.24) is 9.88 Å². The van der Waals surface area contributed by atoms with Crippen LogP contribution < -0.4 is 10.6 Å². The zero-order valence-corrected chi connectivity index (χ0v) is 16.4. The highest BCUT2D eigenvalue weighted by atomic mass is 35.5. The van der Waals surface area contributed by atoms with Crippen molar-refractivity contribution in [3.63, 3.8) is 0 Å². The minimum atomic E-state index is 0. The summed E-state index contributed by atoms with van der Waals surface area (Å²) in [5.41, 5.74) is 6.41. The molecule has 0 aromatic carbocycles. The van der Waals surface area contributed by atoms with Gasteiger partial charge < -0.3 is 15.5 Å². The molecule has 0 radical (unpaired) electrons. The summed E-state index contributed by atoms with van der Waals surface area (Å²) in [5, 5.41) is 0. The first-order valence-electron chi connectivity index (χ1n) is 8.32. The molecule has 1 aromatic heterocycles. The van der Waals surface area contributed by atoms with Gasteiger partial charge in [0.2, 0.25) is 0 Å². The van der Waals surface area contributed by atoms with Gasteiger partial charge in [0, 0.05) is 31.9 Å². The number of anilines is 1. The fourth-order valence-electron chi connectivity index (χ4n) is 3.17. The number of hydrogen-bond acceptors (Lipinski definition) is 4. The van der Waals surface area contributed by atoms with Crippen LogP contribution in [0.15, 0.2) is 18.3 Å².